The van der Waals surface area contributed by atoms with E-state index in [0.29, 0.717) is 6.04 Å². The topological polar surface area (TPSA) is 58.5 Å². The first-order valence-corrected chi connectivity index (χ1v) is 8.24. The lowest BCUT2D eigenvalue weighted by atomic mass is 10.2. The Morgan fingerprint density at radius 3 is 1.96 bits per heavy atom. The van der Waals surface area contributed by atoms with Crippen LogP contribution in [0.4, 0.5) is 0 Å². The summed E-state index contributed by atoms with van der Waals surface area (Å²) >= 11 is 0. The van der Waals surface area contributed by atoms with Crippen molar-refractivity contribution in [1.82, 2.24) is 19.8 Å². The maximum Gasteiger partial charge on any atom is 0.208 e. The predicted molar refractivity (Wildman–Crippen MR) is 87.1 cm³/mol. The Morgan fingerprint density at radius 1 is 0.913 bits per heavy atom. The Bertz CT molecular complexity index is 637. The smallest absolute Gasteiger partial charge is 0.208 e. The molecule has 2 aromatic heterocycles. The van der Waals surface area contributed by atoms with Crippen LogP contribution in [0.25, 0.3) is 0 Å². The summed E-state index contributed by atoms with van der Waals surface area (Å²) in [5.41, 5.74) is 1.97. The number of oxazole rings is 2. The Labute approximate surface area is 137 Å². The average Bonchev–Trinajstić information content (AvgIpc) is 2.96. The van der Waals surface area contributed by atoms with Gasteiger partial charge in [-0.05, 0) is 34.6 Å². The van der Waals surface area contributed by atoms with Gasteiger partial charge in [0, 0.05) is 25.7 Å². The molecule has 0 amide bonds. The number of nitrogens with zero attached hydrogens (tertiary/aromatic N) is 4. The molecule has 3 rings (SSSR count). The van der Waals surface area contributed by atoms with E-state index in [0.717, 1.165) is 67.4 Å². The minimum Gasteiger partial charge on any atom is -0.444 e. The van der Waals surface area contributed by atoms with Crippen molar-refractivity contribution in [3.8, 4) is 0 Å². The Balaban J connectivity index is 1.56. The normalized spacial score (nSPS) is 20.3. The van der Waals surface area contributed by atoms with Crippen LogP contribution in [0.3, 0.4) is 0 Å². The molecule has 2 aromatic rings. The van der Waals surface area contributed by atoms with Crippen molar-refractivity contribution in [2.24, 2.45) is 0 Å². The van der Waals surface area contributed by atoms with E-state index in [1.807, 2.05) is 27.7 Å². The number of hydrogen-bond acceptors (Lipinski definition) is 6. The summed E-state index contributed by atoms with van der Waals surface area (Å²) in [6.45, 7) is 14.7. The third-order valence-electron chi connectivity index (χ3n) is 4.69. The summed E-state index contributed by atoms with van der Waals surface area (Å²) in [4.78, 5) is 13.8. The van der Waals surface area contributed by atoms with Crippen LogP contribution in [-0.4, -0.2) is 45.4 Å². The van der Waals surface area contributed by atoms with E-state index in [1.54, 1.807) is 0 Å². The van der Waals surface area contributed by atoms with Crippen LogP contribution >= 0.6 is 0 Å². The molecule has 6 nitrogen and oxygen atoms in total. The maximum absolute atomic E-state index is 5.71. The lowest BCUT2D eigenvalue weighted by Crippen LogP contribution is -2.51. The highest BCUT2D eigenvalue weighted by molar-refractivity contribution is 5.06. The van der Waals surface area contributed by atoms with Gasteiger partial charge in [-0.25, -0.2) is 9.97 Å². The molecule has 0 aromatic carbocycles. The van der Waals surface area contributed by atoms with Gasteiger partial charge in [-0.2, -0.15) is 0 Å². The van der Waals surface area contributed by atoms with Gasteiger partial charge in [0.15, 0.2) is 0 Å². The minimum atomic E-state index is 0.452. The Kier molecular flexibility index (Phi) is 4.55. The SMILES string of the molecule is Cc1nc(CN2CCN(Cc3nc(C)c(C)o3)C(C)C2)oc1C. The first-order valence-electron chi connectivity index (χ1n) is 8.24. The number of piperazine rings is 1. The van der Waals surface area contributed by atoms with Crippen LogP contribution in [0.5, 0.6) is 0 Å². The summed E-state index contributed by atoms with van der Waals surface area (Å²) in [7, 11) is 0. The predicted octanol–water partition coefficient (Wildman–Crippen LogP) is 2.60. The van der Waals surface area contributed by atoms with Crippen LogP contribution in [0.15, 0.2) is 8.83 Å². The summed E-state index contributed by atoms with van der Waals surface area (Å²) in [6.07, 6.45) is 0. The molecule has 0 spiro atoms. The van der Waals surface area contributed by atoms with E-state index < -0.39 is 0 Å². The van der Waals surface area contributed by atoms with Crippen molar-refractivity contribution >= 4 is 0 Å². The molecule has 1 aliphatic heterocycles. The molecule has 6 heteroatoms. The van der Waals surface area contributed by atoms with Gasteiger partial charge in [0.25, 0.3) is 0 Å². The molecule has 0 aliphatic carbocycles. The van der Waals surface area contributed by atoms with E-state index in [4.69, 9.17) is 8.83 Å². The number of aromatic nitrogens is 2. The zero-order valence-electron chi connectivity index (χ0n) is 14.7. The monoisotopic (exact) mass is 318 g/mol. The summed E-state index contributed by atoms with van der Waals surface area (Å²) in [5, 5.41) is 0. The van der Waals surface area contributed by atoms with E-state index in [-0.39, 0.29) is 0 Å². The van der Waals surface area contributed by atoms with Gasteiger partial charge in [-0.15, -0.1) is 0 Å². The fraction of sp³-hybridized carbons (Fsp3) is 0.647. The third-order valence-corrected chi connectivity index (χ3v) is 4.69. The molecule has 0 N–H and O–H groups in total. The van der Waals surface area contributed by atoms with Gasteiger partial charge in [-0.1, -0.05) is 0 Å². The number of rotatable bonds is 4. The molecule has 1 fully saturated rings. The van der Waals surface area contributed by atoms with Gasteiger partial charge >= 0.3 is 0 Å². The van der Waals surface area contributed by atoms with Crippen LogP contribution in [0.1, 0.15) is 41.6 Å². The summed E-state index contributed by atoms with van der Waals surface area (Å²) < 4.78 is 11.4. The molecule has 1 atom stereocenters. The highest BCUT2D eigenvalue weighted by Gasteiger charge is 2.26. The lowest BCUT2D eigenvalue weighted by Gasteiger charge is -2.38. The summed E-state index contributed by atoms with van der Waals surface area (Å²) in [5.74, 6) is 3.47. The average molecular weight is 318 g/mol. The maximum atomic E-state index is 5.71. The van der Waals surface area contributed by atoms with Gasteiger partial charge in [0.1, 0.15) is 11.5 Å². The van der Waals surface area contributed by atoms with Crippen molar-refractivity contribution in [2.45, 2.75) is 53.8 Å². The minimum absolute atomic E-state index is 0.452. The second-order valence-corrected chi connectivity index (χ2v) is 6.55. The zero-order chi connectivity index (χ0) is 16.6. The van der Waals surface area contributed by atoms with E-state index in [1.165, 1.54) is 0 Å². The standard InChI is InChI=1S/C17H26N4O2/c1-11-8-20(9-16-18-12(2)14(4)22-16)6-7-21(11)10-17-19-13(3)15(5)23-17/h11H,6-10H2,1-5H3. The van der Waals surface area contributed by atoms with Gasteiger partial charge in [0.05, 0.1) is 24.5 Å². The molecule has 0 saturated carbocycles. The van der Waals surface area contributed by atoms with Crippen molar-refractivity contribution in [1.29, 1.82) is 0 Å². The highest BCUT2D eigenvalue weighted by Crippen LogP contribution is 2.18. The molecular formula is C17H26N4O2. The molecule has 1 unspecified atom stereocenters. The van der Waals surface area contributed by atoms with Crippen LogP contribution in [-0.2, 0) is 13.1 Å². The fourth-order valence-corrected chi connectivity index (χ4v) is 3.03. The molecule has 1 aliphatic rings. The third kappa shape index (κ3) is 3.64. The van der Waals surface area contributed by atoms with Crippen molar-refractivity contribution in [2.75, 3.05) is 19.6 Å². The molecule has 0 bridgehead atoms. The molecule has 23 heavy (non-hydrogen) atoms. The lowest BCUT2D eigenvalue weighted by molar-refractivity contribution is 0.0617. The second-order valence-electron chi connectivity index (χ2n) is 6.55. The van der Waals surface area contributed by atoms with Crippen LogP contribution < -0.4 is 0 Å². The molecule has 3 heterocycles. The van der Waals surface area contributed by atoms with E-state index >= 15 is 0 Å². The number of aryl methyl sites for hydroxylation is 4. The van der Waals surface area contributed by atoms with Crippen molar-refractivity contribution in [3.05, 3.63) is 34.7 Å². The van der Waals surface area contributed by atoms with Crippen LogP contribution in [0.2, 0.25) is 0 Å². The first kappa shape index (κ1) is 16.2. The van der Waals surface area contributed by atoms with Gasteiger partial charge < -0.3 is 8.83 Å². The zero-order valence-corrected chi connectivity index (χ0v) is 14.7. The molecule has 126 valence electrons. The fourth-order valence-electron chi connectivity index (χ4n) is 3.03. The Morgan fingerprint density at radius 2 is 1.48 bits per heavy atom. The van der Waals surface area contributed by atoms with Crippen molar-refractivity contribution < 1.29 is 8.83 Å². The van der Waals surface area contributed by atoms with Crippen LogP contribution in [0, 0.1) is 27.7 Å². The molecule has 1 saturated heterocycles. The van der Waals surface area contributed by atoms with Gasteiger partial charge in [0.2, 0.25) is 11.8 Å². The molecular weight excluding hydrogens is 292 g/mol. The first-order chi connectivity index (χ1) is 10.9. The highest BCUT2D eigenvalue weighted by atomic mass is 16.4. The van der Waals surface area contributed by atoms with Crippen molar-refractivity contribution in [3.63, 3.8) is 0 Å². The largest absolute Gasteiger partial charge is 0.444 e. The Hall–Kier alpha value is -1.66. The van der Waals surface area contributed by atoms with E-state index in [2.05, 4.69) is 26.7 Å². The number of hydrogen-bond donors (Lipinski definition) is 0. The quantitative estimate of drug-likeness (QED) is 0.863. The second kappa shape index (κ2) is 6.45. The van der Waals surface area contributed by atoms with E-state index in [9.17, 15) is 0 Å². The van der Waals surface area contributed by atoms with Gasteiger partial charge in [-0.3, -0.25) is 9.80 Å². The molecule has 0 radical (unpaired) electrons. The summed E-state index contributed by atoms with van der Waals surface area (Å²) in [6, 6.07) is 0.452.